The number of hydrogen-bond donors (Lipinski definition) is 3. The monoisotopic (exact) mass is 513 g/mol. The fourth-order valence-corrected chi connectivity index (χ4v) is 4.03. The van der Waals surface area contributed by atoms with Crippen LogP contribution in [0.1, 0.15) is 22.3 Å². The number of aliphatic hydroxyl groups excluding tert-OH is 2. The number of benzene rings is 3. The summed E-state index contributed by atoms with van der Waals surface area (Å²) < 4.78 is 11.3. The van der Waals surface area contributed by atoms with Gasteiger partial charge in [0.1, 0.15) is 18.5 Å². The summed E-state index contributed by atoms with van der Waals surface area (Å²) in [5.41, 5.74) is 6.46. The van der Waals surface area contributed by atoms with Gasteiger partial charge in [-0.2, -0.15) is 0 Å². The van der Waals surface area contributed by atoms with Crippen molar-refractivity contribution in [2.45, 2.75) is 33.0 Å². The van der Waals surface area contributed by atoms with E-state index in [0.717, 1.165) is 43.8 Å². The zero-order chi connectivity index (χ0) is 25.7. The van der Waals surface area contributed by atoms with Crippen molar-refractivity contribution >= 4 is 5.69 Å². The molecule has 1 heterocycles. The first-order valence-corrected chi connectivity index (χ1v) is 11.5. The number of rotatable bonds is 10. The molecular weight excluding hydrogens is 485 g/mol. The zero-order valence-corrected chi connectivity index (χ0v) is 23.1. The minimum absolute atomic E-state index is 0. The molecule has 188 valence electrons. The first-order valence-electron chi connectivity index (χ1n) is 11.5. The Hall–Kier alpha value is -3.08. The molecule has 0 spiro atoms. The summed E-state index contributed by atoms with van der Waals surface area (Å²) in [7, 11) is 0. The molecule has 0 aliphatic heterocycles. The van der Waals surface area contributed by atoms with Gasteiger partial charge >= 0.3 is 35.3 Å². The first kappa shape index (κ1) is 28.5. The van der Waals surface area contributed by atoms with Crippen LogP contribution in [0.2, 0.25) is 0 Å². The number of aromatic nitrogens is 2. The van der Waals surface area contributed by atoms with Crippen LogP contribution in [0, 0.1) is 13.8 Å². The standard InChI is InChI=1S/C27H29N3O6.Na/c1-17-10-24(35-16-23(32)15-31)11-18(2)25(17)21-5-3-4-20(12-21)13-28-22-8-6-19(7-9-22)14-30-26(33)29-27(34)36-30;/h3-12,23,28,31-32H,13-16H2,1-2H3,(H,29,33,34);/q;+1/p-1/t23-;/m0./s1. The van der Waals surface area contributed by atoms with Gasteiger partial charge in [0, 0.05) is 18.8 Å². The van der Waals surface area contributed by atoms with Gasteiger partial charge in [0.05, 0.1) is 6.61 Å². The summed E-state index contributed by atoms with van der Waals surface area (Å²) in [6.07, 6.45) is -0.907. The van der Waals surface area contributed by atoms with Gasteiger partial charge in [-0.3, -0.25) is 9.53 Å². The van der Waals surface area contributed by atoms with Crippen molar-refractivity contribution < 1.29 is 49.0 Å². The Labute approximate surface area is 236 Å². The van der Waals surface area contributed by atoms with Gasteiger partial charge in [-0.05, 0) is 77.6 Å². The fraction of sp³-hybridized carbons (Fsp3) is 0.259. The maximum atomic E-state index is 11.5. The average molecular weight is 514 g/mol. The Bertz CT molecular complexity index is 1420. The van der Waals surface area contributed by atoms with E-state index >= 15 is 0 Å². The Morgan fingerprint density at radius 3 is 2.35 bits per heavy atom. The van der Waals surface area contributed by atoms with Gasteiger partial charge in [0.2, 0.25) is 0 Å². The van der Waals surface area contributed by atoms with Gasteiger partial charge in [-0.25, -0.2) is 4.79 Å². The second-order valence-electron chi connectivity index (χ2n) is 8.62. The maximum absolute atomic E-state index is 11.5. The maximum Gasteiger partial charge on any atom is 1.00 e. The first-order chi connectivity index (χ1) is 17.3. The summed E-state index contributed by atoms with van der Waals surface area (Å²) in [6.45, 7) is 4.50. The Morgan fingerprint density at radius 2 is 1.73 bits per heavy atom. The van der Waals surface area contributed by atoms with Gasteiger partial charge in [-0.15, -0.1) is 0 Å². The van der Waals surface area contributed by atoms with E-state index < -0.39 is 17.5 Å². The SMILES string of the molecule is Cc1cc(OC[C@@H](O)CO)cc(C)c1-c1cccc(CNc2ccc(Cn3oc(=O)[n-]c3=O)cc2)c1.[Na+]. The summed E-state index contributed by atoms with van der Waals surface area (Å²) in [5, 5.41) is 21.9. The quantitative estimate of drug-likeness (QED) is 0.241. The van der Waals surface area contributed by atoms with Crippen molar-refractivity contribution in [1.29, 1.82) is 0 Å². The third-order valence-electron chi connectivity index (χ3n) is 5.74. The summed E-state index contributed by atoms with van der Waals surface area (Å²) in [6, 6.07) is 19.7. The Kier molecular flexibility index (Phi) is 9.96. The van der Waals surface area contributed by atoms with E-state index in [1.807, 2.05) is 56.3 Å². The molecule has 10 heteroatoms. The molecule has 1 aromatic heterocycles. The van der Waals surface area contributed by atoms with Gasteiger partial charge < -0.3 is 29.8 Å². The smallest absolute Gasteiger partial charge is 0.491 e. The van der Waals surface area contributed by atoms with Crippen LogP contribution in [0.25, 0.3) is 11.1 Å². The van der Waals surface area contributed by atoms with Gasteiger partial charge in [0.25, 0.3) is 0 Å². The van der Waals surface area contributed by atoms with Crippen LogP contribution in [-0.4, -0.2) is 34.3 Å². The van der Waals surface area contributed by atoms with Crippen molar-refractivity contribution in [2.24, 2.45) is 0 Å². The predicted octanol–water partition coefficient (Wildman–Crippen LogP) is -0.561. The third kappa shape index (κ3) is 7.47. The van der Waals surface area contributed by atoms with Crippen LogP contribution < -0.4 is 56.0 Å². The molecular formula is C27H28N3NaO6. The molecule has 0 saturated heterocycles. The Balaban J connectivity index is 0.00000380. The molecule has 0 unspecified atom stereocenters. The fourth-order valence-electron chi connectivity index (χ4n) is 4.03. The van der Waals surface area contributed by atoms with Crippen LogP contribution in [0.3, 0.4) is 0 Å². The molecule has 0 fully saturated rings. The van der Waals surface area contributed by atoms with E-state index in [1.54, 1.807) is 0 Å². The normalized spacial score (nSPS) is 11.6. The number of ether oxygens (including phenoxy) is 1. The van der Waals surface area contributed by atoms with Crippen LogP contribution in [0.5, 0.6) is 5.75 Å². The van der Waals surface area contributed by atoms with Gasteiger partial charge in [-0.1, -0.05) is 30.3 Å². The summed E-state index contributed by atoms with van der Waals surface area (Å²) in [4.78, 5) is 25.8. The molecule has 0 aliphatic rings. The van der Waals surface area contributed by atoms with E-state index in [2.05, 4.69) is 28.5 Å². The molecule has 0 aliphatic carbocycles. The number of hydrogen-bond acceptors (Lipinski definition) is 7. The molecule has 0 radical (unpaired) electrons. The van der Waals surface area contributed by atoms with E-state index in [1.165, 1.54) is 0 Å². The second-order valence-corrected chi connectivity index (χ2v) is 8.62. The van der Waals surface area contributed by atoms with E-state index in [-0.39, 0.29) is 49.3 Å². The van der Waals surface area contributed by atoms with E-state index in [4.69, 9.17) is 14.4 Å². The van der Waals surface area contributed by atoms with Gasteiger partial charge in [0.15, 0.2) is 5.69 Å². The molecule has 4 rings (SSSR count). The predicted molar refractivity (Wildman–Crippen MR) is 135 cm³/mol. The number of nitrogens with zero attached hydrogens (tertiary/aromatic N) is 2. The largest absolute Gasteiger partial charge is 1.00 e. The molecule has 3 N–H and O–H groups in total. The van der Waals surface area contributed by atoms with E-state index in [0.29, 0.717) is 12.3 Å². The van der Waals surface area contributed by atoms with Crippen molar-refractivity contribution in [3.05, 3.63) is 104 Å². The van der Waals surface area contributed by atoms with E-state index in [9.17, 15) is 14.7 Å². The molecule has 1 atom stereocenters. The second kappa shape index (κ2) is 12.9. The van der Waals surface area contributed by atoms with Crippen molar-refractivity contribution in [1.82, 2.24) is 9.72 Å². The zero-order valence-electron chi connectivity index (χ0n) is 21.1. The summed E-state index contributed by atoms with van der Waals surface area (Å²) >= 11 is 0. The van der Waals surface area contributed by atoms with Crippen LogP contribution in [0.4, 0.5) is 5.69 Å². The molecule has 4 aromatic rings. The molecule has 0 amide bonds. The average Bonchev–Trinajstić information content (AvgIpc) is 3.18. The van der Waals surface area contributed by atoms with Crippen LogP contribution in [-0.2, 0) is 13.1 Å². The number of nitrogens with one attached hydrogen (secondary N) is 1. The number of aryl methyl sites for hydroxylation is 2. The molecule has 9 nitrogen and oxygen atoms in total. The van der Waals surface area contributed by atoms with Crippen molar-refractivity contribution in [3.8, 4) is 16.9 Å². The molecule has 0 saturated carbocycles. The summed E-state index contributed by atoms with van der Waals surface area (Å²) in [5.74, 6) is -0.239. The Morgan fingerprint density at radius 1 is 1.03 bits per heavy atom. The van der Waals surface area contributed by atoms with Crippen LogP contribution >= 0.6 is 0 Å². The van der Waals surface area contributed by atoms with Crippen molar-refractivity contribution in [3.63, 3.8) is 0 Å². The number of aliphatic hydroxyl groups is 2. The minimum atomic E-state index is -0.907. The van der Waals surface area contributed by atoms with Crippen molar-refractivity contribution in [2.75, 3.05) is 18.5 Å². The molecule has 37 heavy (non-hydrogen) atoms. The molecule has 0 bridgehead atoms. The third-order valence-corrected chi connectivity index (χ3v) is 5.74. The molecule has 3 aromatic carbocycles. The minimum Gasteiger partial charge on any atom is -0.491 e. The topological polar surface area (TPSA) is 128 Å². The number of anilines is 1. The van der Waals surface area contributed by atoms with Crippen LogP contribution in [0.15, 0.2) is 74.8 Å².